The van der Waals surface area contributed by atoms with Gasteiger partial charge in [0, 0.05) is 6.92 Å². The molecule has 0 heterocycles. The number of carbonyl (C=O) groups is 1. The average Bonchev–Trinajstić information content (AvgIpc) is 2.29. The number of rotatable bonds is 9. The molecule has 0 bridgehead atoms. The van der Waals surface area contributed by atoms with Gasteiger partial charge in [0.1, 0.15) is 0 Å². The summed E-state index contributed by atoms with van der Waals surface area (Å²) in [7, 11) is 0. The van der Waals surface area contributed by atoms with Crippen LogP contribution in [0.25, 0.3) is 0 Å². The van der Waals surface area contributed by atoms with Crippen molar-refractivity contribution in [3.8, 4) is 0 Å². The second kappa shape index (κ2) is 8.60. The van der Waals surface area contributed by atoms with Gasteiger partial charge >= 0.3 is 5.97 Å². The van der Waals surface area contributed by atoms with E-state index in [1.54, 1.807) is 0 Å². The molecule has 0 aromatic rings. The van der Waals surface area contributed by atoms with Gasteiger partial charge in [-0.1, -0.05) is 52.9 Å². The lowest BCUT2D eigenvalue weighted by Gasteiger charge is -2.30. The third-order valence-electron chi connectivity index (χ3n) is 3.91. The van der Waals surface area contributed by atoms with Crippen molar-refractivity contribution in [2.24, 2.45) is 5.41 Å². The predicted molar refractivity (Wildman–Crippen MR) is 68.4 cm³/mol. The molecule has 0 fully saturated rings. The molecule has 0 saturated heterocycles. The Morgan fingerprint density at radius 3 is 2.00 bits per heavy atom. The van der Waals surface area contributed by atoms with Crippen LogP contribution in [0.1, 0.15) is 72.6 Å². The monoisotopic (exact) mass is 228 g/mol. The average molecular weight is 228 g/mol. The lowest BCUT2D eigenvalue weighted by atomic mass is 9.76. The molecule has 0 radical (unpaired) electrons. The van der Waals surface area contributed by atoms with Crippen LogP contribution in [0.5, 0.6) is 0 Å². The van der Waals surface area contributed by atoms with Crippen molar-refractivity contribution < 1.29 is 9.53 Å². The minimum Gasteiger partial charge on any atom is -0.466 e. The first-order valence-corrected chi connectivity index (χ1v) is 6.73. The summed E-state index contributed by atoms with van der Waals surface area (Å²) in [6.45, 7) is 8.95. The zero-order chi connectivity index (χ0) is 12.4. The molecule has 0 atom stereocenters. The number of hydrogen-bond donors (Lipinski definition) is 0. The summed E-state index contributed by atoms with van der Waals surface area (Å²) in [5.41, 5.74) is 0.557. The first-order valence-electron chi connectivity index (χ1n) is 6.73. The number of unbranched alkanes of at least 4 members (excludes halogenated alkanes) is 2. The quantitative estimate of drug-likeness (QED) is 0.434. The second-order valence-corrected chi connectivity index (χ2v) is 4.71. The van der Waals surface area contributed by atoms with Crippen molar-refractivity contribution in [1.29, 1.82) is 0 Å². The maximum Gasteiger partial charge on any atom is 0.302 e. The Labute approximate surface area is 101 Å². The second-order valence-electron chi connectivity index (χ2n) is 4.71. The highest BCUT2D eigenvalue weighted by Crippen LogP contribution is 2.35. The molecule has 16 heavy (non-hydrogen) atoms. The van der Waals surface area contributed by atoms with Gasteiger partial charge in [0.15, 0.2) is 0 Å². The van der Waals surface area contributed by atoms with Crippen molar-refractivity contribution in [3.63, 3.8) is 0 Å². The van der Waals surface area contributed by atoms with E-state index in [1.807, 2.05) is 0 Å². The van der Waals surface area contributed by atoms with Gasteiger partial charge in [-0.05, 0) is 18.3 Å². The van der Waals surface area contributed by atoms with Crippen molar-refractivity contribution in [3.05, 3.63) is 0 Å². The van der Waals surface area contributed by atoms with Gasteiger partial charge in [0.2, 0.25) is 0 Å². The first-order chi connectivity index (χ1) is 7.60. The van der Waals surface area contributed by atoms with E-state index < -0.39 is 0 Å². The standard InChI is InChI=1S/C14H28O2/c1-5-14(6-2,7-3)11-9-8-10-12-16-13(4)15/h5-12H2,1-4H3. The largest absolute Gasteiger partial charge is 0.466 e. The van der Waals surface area contributed by atoms with Crippen LogP contribution >= 0.6 is 0 Å². The van der Waals surface area contributed by atoms with Crippen molar-refractivity contribution in [1.82, 2.24) is 0 Å². The molecule has 0 unspecified atom stereocenters. The summed E-state index contributed by atoms with van der Waals surface area (Å²) in [5, 5.41) is 0. The Balaban J connectivity index is 3.59. The molecule has 0 aliphatic rings. The molecular formula is C14H28O2. The topological polar surface area (TPSA) is 26.3 Å². The fourth-order valence-corrected chi connectivity index (χ4v) is 2.28. The molecule has 0 saturated carbocycles. The van der Waals surface area contributed by atoms with Crippen molar-refractivity contribution in [2.75, 3.05) is 6.61 Å². The van der Waals surface area contributed by atoms with E-state index in [2.05, 4.69) is 20.8 Å². The fraction of sp³-hybridized carbons (Fsp3) is 0.929. The summed E-state index contributed by atoms with van der Waals surface area (Å²) in [4.78, 5) is 10.6. The van der Waals surface area contributed by atoms with Crippen LogP contribution in [-0.2, 0) is 9.53 Å². The highest BCUT2D eigenvalue weighted by Gasteiger charge is 2.22. The van der Waals surface area contributed by atoms with Gasteiger partial charge in [-0.25, -0.2) is 0 Å². The molecule has 0 aliphatic carbocycles. The van der Waals surface area contributed by atoms with E-state index >= 15 is 0 Å². The summed E-state index contributed by atoms with van der Waals surface area (Å²) < 4.78 is 4.91. The zero-order valence-electron chi connectivity index (χ0n) is 11.5. The summed E-state index contributed by atoms with van der Waals surface area (Å²) >= 11 is 0. The van der Waals surface area contributed by atoms with Gasteiger partial charge < -0.3 is 4.74 Å². The number of ether oxygens (including phenoxy) is 1. The van der Waals surface area contributed by atoms with Crippen LogP contribution in [0.15, 0.2) is 0 Å². The van der Waals surface area contributed by atoms with Crippen LogP contribution < -0.4 is 0 Å². The molecule has 96 valence electrons. The van der Waals surface area contributed by atoms with Crippen LogP contribution in [-0.4, -0.2) is 12.6 Å². The molecule has 0 N–H and O–H groups in total. The molecule has 0 amide bonds. The Morgan fingerprint density at radius 2 is 1.56 bits per heavy atom. The smallest absolute Gasteiger partial charge is 0.302 e. The third kappa shape index (κ3) is 6.14. The van der Waals surface area contributed by atoms with Gasteiger partial charge in [-0.2, -0.15) is 0 Å². The van der Waals surface area contributed by atoms with Gasteiger partial charge in [0.25, 0.3) is 0 Å². The molecular weight excluding hydrogens is 200 g/mol. The number of hydrogen-bond acceptors (Lipinski definition) is 2. The Hall–Kier alpha value is -0.530. The summed E-state index contributed by atoms with van der Waals surface area (Å²) in [5.74, 6) is -0.162. The maximum absolute atomic E-state index is 10.6. The van der Waals surface area contributed by atoms with E-state index in [4.69, 9.17) is 4.74 Å². The van der Waals surface area contributed by atoms with Crippen LogP contribution in [0.4, 0.5) is 0 Å². The number of esters is 1. The minimum atomic E-state index is -0.162. The number of carbonyl (C=O) groups excluding carboxylic acids is 1. The first kappa shape index (κ1) is 15.5. The van der Waals surface area contributed by atoms with E-state index in [0.29, 0.717) is 12.0 Å². The Morgan fingerprint density at radius 1 is 1.00 bits per heavy atom. The van der Waals surface area contributed by atoms with Gasteiger partial charge in [-0.3, -0.25) is 4.79 Å². The molecule has 0 rings (SSSR count). The highest BCUT2D eigenvalue weighted by molar-refractivity contribution is 5.65. The van der Waals surface area contributed by atoms with Gasteiger partial charge in [-0.15, -0.1) is 0 Å². The lowest BCUT2D eigenvalue weighted by Crippen LogP contribution is -2.17. The summed E-state index contributed by atoms with van der Waals surface area (Å²) in [6.07, 6.45) is 8.60. The minimum absolute atomic E-state index is 0.162. The summed E-state index contributed by atoms with van der Waals surface area (Å²) in [6, 6.07) is 0. The Kier molecular flexibility index (Phi) is 8.32. The molecule has 2 heteroatoms. The van der Waals surface area contributed by atoms with E-state index in [-0.39, 0.29) is 5.97 Å². The molecule has 0 aliphatic heterocycles. The molecule has 2 nitrogen and oxygen atoms in total. The van der Waals surface area contributed by atoms with E-state index in [0.717, 1.165) is 6.42 Å². The SMILES string of the molecule is CCC(CC)(CC)CCCCCOC(C)=O. The third-order valence-corrected chi connectivity index (χ3v) is 3.91. The van der Waals surface area contributed by atoms with Crippen molar-refractivity contribution in [2.45, 2.75) is 72.6 Å². The van der Waals surface area contributed by atoms with Crippen LogP contribution in [0.3, 0.4) is 0 Å². The fourth-order valence-electron chi connectivity index (χ4n) is 2.28. The predicted octanol–water partition coefficient (Wildman–Crippen LogP) is 4.33. The maximum atomic E-state index is 10.6. The highest BCUT2D eigenvalue weighted by atomic mass is 16.5. The van der Waals surface area contributed by atoms with E-state index in [1.165, 1.54) is 45.4 Å². The van der Waals surface area contributed by atoms with Crippen LogP contribution in [0, 0.1) is 5.41 Å². The lowest BCUT2D eigenvalue weighted by molar-refractivity contribution is -0.141. The zero-order valence-corrected chi connectivity index (χ0v) is 11.5. The van der Waals surface area contributed by atoms with Gasteiger partial charge in [0.05, 0.1) is 6.61 Å². The molecule has 0 aromatic carbocycles. The normalized spacial score (nSPS) is 11.5. The molecule has 0 aromatic heterocycles. The van der Waals surface area contributed by atoms with Crippen molar-refractivity contribution >= 4 is 5.97 Å². The van der Waals surface area contributed by atoms with Crippen LogP contribution in [0.2, 0.25) is 0 Å². The van der Waals surface area contributed by atoms with E-state index in [9.17, 15) is 4.79 Å². The Bertz CT molecular complexity index is 175. The molecule has 0 spiro atoms.